The molecule has 7 heteroatoms. The molecule has 2 aromatic rings. The zero-order valence-corrected chi connectivity index (χ0v) is 14.2. The van der Waals surface area contributed by atoms with E-state index >= 15 is 0 Å². The zero-order chi connectivity index (χ0) is 17.1. The molecular formula is C17H23N5O2. The summed E-state index contributed by atoms with van der Waals surface area (Å²) in [6, 6.07) is 0. The molecule has 2 heterocycles. The van der Waals surface area contributed by atoms with Crippen LogP contribution >= 0.6 is 0 Å². The van der Waals surface area contributed by atoms with Gasteiger partial charge in [-0.15, -0.1) is 0 Å². The topological polar surface area (TPSA) is 107 Å². The average Bonchev–Trinajstić information content (AvgIpc) is 2.89. The number of rotatable bonds is 5. The number of amides is 1. The number of fused-ring (bicyclic) bond motifs is 1. The van der Waals surface area contributed by atoms with Crippen LogP contribution in [-0.2, 0) is 19.3 Å². The van der Waals surface area contributed by atoms with Gasteiger partial charge in [-0.1, -0.05) is 5.16 Å². The minimum Gasteiger partial charge on any atom is -0.368 e. The quantitative estimate of drug-likeness (QED) is 0.811. The predicted octanol–water partition coefficient (Wildman–Crippen LogP) is 1.91. The van der Waals surface area contributed by atoms with Crippen LogP contribution in [0.2, 0.25) is 0 Å². The Hall–Kier alpha value is -2.44. The molecule has 0 saturated carbocycles. The summed E-state index contributed by atoms with van der Waals surface area (Å²) in [7, 11) is 0. The average molecular weight is 329 g/mol. The van der Waals surface area contributed by atoms with Crippen LogP contribution in [-0.4, -0.2) is 27.6 Å². The van der Waals surface area contributed by atoms with Crippen molar-refractivity contribution in [1.29, 1.82) is 0 Å². The van der Waals surface area contributed by atoms with Crippen molar-refractivity contribution >= 4 is 11.9 Å². The van der Waals surface area contributed by atoms with E-state index < -0.39 is 0 Å². The molecule has 24 heavy (non-hydrogen) atoms. The van der Waals surface area contributed by atoms with E-state index in [0.717, 1.165) is 66.8 Å². The number of carbonyl (C=O) groups is 1. The smallest absolute Gasteiger partial charge is 0.270 e. The molecule has 7 nitrogen and oxygen atoms in total. The third-order valence-corrected chi connectivity index (χ3v) is 4.49. The van der Waals surface area contributed by atoms with Gasteiger partial charge in [0.05, 0.1) is 5.69 Å². The Morgan fingerprint density at radius 1 is 1.25 bits per heavy atom. The van der Waals surface area contributed by atoms with Crippen molar-refractivity contribution in [2.45, 2.75) is 52.4 Å². The van der Waals surface area contributed by atoms with Gasteiger partial charge in [0.1, 0.15) is 11.5 Å². The van der Waals surface area contributed by atoms with Crippen molar-refractivity contribution in [3.8, 4) is 0 Å². The number of hydrogen-bond donors (Lipinski definition) is 2. The summed E-state index contributed by atoms with van der Waals surface area (Å²) in [4.78, 5) is 20.9. The van der Waals surface area contributed by atoms with Gasteiger partial charge in [-0.3, -0.25) is 4.79 Å². The van der Waals surface area contributed by atoms with Crippen LogP contribution < -0.4 is 11.1 Å². The van der Waals surface area contributed by atoms with Crippen molar-refractivity contribution in [3.05, 3.63) is 34.0 Å². The van der Waals surface area contributed by atoms with Gasteiger partial charge in [-0.25, -0.2) is 9.97 Å². The van der Waals surface area contributed by atoms with E-state index in [9.17, 15) is 4.79 Å². The van der Waals surface area contributed by atoms with E-state index in [1.54, 1.807) is 0 Å². The lowest BCUT2D eigenvalue weighted by Crippen LogP contribution is -2.29. The highest BCUT2D eigenvalue weighted by molar-refractivity contribution is 5.94. The highest BCUT2D eigenvalue weighted by atomic mass is 16.5. The summed E-state index contributed by atoms with van der Waals surface area (Å²) in [6.45, 7) is 4.41. The third-order valence-electron chi connectivity index (χ3n) is 4.49. The summed E-state index contributed by atoms with van der Waals surface area (Å²) in [5, 5.41) is 6.88. The van der Waals surface area contributed by atoms with Crippen molar-refractivity contribution < 1.29 is 9.32 Å². The first kappa shape index (κ1) is 16.4. The normalized spacial score (nSPS) is 13.6. The molecule has 0 fully saturated rings. The predicted molar refractivity (Wildman–Crippen MR) is 89.7 cm³/mol. The SMILES string of the molecule is Cc1noc(C)c1CCCNC(=O)c1nc(N)nc2c1CCCC2. The van der Waals surface area contributed by atoms with Crippen LogP contribution in [0.5, 0.6) is 0 Å². The summed E-state index contributed by atoms with van der Waals surface area (Å²) in [6.07, 6.45) is 5.50. The highest BCUT2D eigenvalue weighted by Crippen LogP contribution is 2.22. The second kappa shape index (κ2) is 6.98. The molecule has 1 amide bonds. The van der Waals surface area contributed by atoms with Crippen molar-refractivity contribution in [1.82, 2.24) is 20.4 Å². The first-order valence-electron chi connectivity index (χ1n) is 8.41. The Labute approximate surface area is 141 Å². The maximum atomic E-state index is 12.5. The number of nitrogens with one attached hydrogen (secondary N) is 1. The maximum absolute atomic E-state index is 12.5. The van der Waals surface area contributed by atoms with Gasteiger partial charge in [-0.05, 0) is 52.4 Å². The lowest BCUT2D eigenvalue weighted by molar-refractivity contribution is 0.0946. The van der Waals surface area contributed by atoms with Gasteiger partial charge in [0.2, 0.25) is 5.95 Å². The molecule has 0 atom stereocenters. The molecule has 0 aromatic carbocycles. The molecule has 0 spiro atoms. The molecule has 1 aliphatic carbocycles. The molecule has 0 unspecified atom stereocenters. The van der Waals surface area contributed by atoms with E-state index in [1.165, 1.54) is 0 Å². The molecule has 0 radical (unpaired) electrons. The maximum Gasteiger partial charge on any atom is 0.270 e. The van der Waals surface area contributed by atoms with Crippen LogP contribution in [0.15, 0.2) is 4.52 Å². The number of aromatic nitrogens is 3. The van der Waals surface area contributed by atoms with Gasteiger partial charge in [0, 0.05) is 23.4 Å². The lowest BCUT2D eigenvalue weighted by Gasteiger charge is -2.17. The third kappa shape index (κ3) is 3.39. The number of carbonyl (C=O) groups excluding carboxylic acids is 1. The summed E-state index contributed by atoms with van der Waals surface area (Å²) in [5.74, 6) is 0.856. The largest absolute Gasteiger partial charge is 0.368 e. The molecule has 0 bridgehead atoms. The van der Waals surface area contributed by atoms with Gasteiger partial charge in [0.15, 0.2) is 0 Å². The number of anilines is 1. The molecule has 0 aliphatic heterocycles. The van der Waals surface area contributed by atoms with Crippen LogP contribution in [0.1, 0.15) is 58.0 Å². The minimum atomic E-state index is -0.166. The van der Waals surface area contributed by atoms with E-state index in [0.29, 0.717) is 12.2 Å². The Morgan fingerprint density at radius 3 is 2.79 bits per heavy atom. The van der Waals surface area contributed by atoms with Crippen molar-refractivity contribution in [2.75, 3.05) is 12.3 Å². The number of nitrogen functional groups attached to an aromatic ring is 1. The second-order valence-electron chi connectivity index (χ2n) is 6.22. The molecular weight excluding hydrogens is 306 g/mol. The molecule has 2 aromatic heterocycles. The lowest BCUT2D eigenvalue weighted by atomic mass is 9.94. The highest BCUT2D eigenvalue weighted by Gasteiger charge is 2.21. The molecule has 128 valence electrons. The van der Waals surface area contributed by atoms with Crippen LogP contribution in [0, 0.1) is 13.8 Å². The first-order valence-corrected chi connectivity index (χ1v) is 8.41. The Balaban J connectivity index is 1.60. The van der Waals surface area contributed by atoms with E-state index in [1.807, 2.05) is 13.8 Å². The molecule has 3 N–H and O–H groups in total. The fraction of sp³-hybridized carbons (Fsp3) is 0.529. The Bertz CT molecular complexity index is 734. The summed E-state index contributed by atoms with van der Waals surface area (Å²) < 4.78 is 5.15. The van der Waals surface area contributed by atoms with Crippen molar-refractivity contribution in [2.24, 2.45) is 0 Å². The minimum absolute atomic E-state index is 0.166. The number of aryl methyl sites for hydroxylation is 3. The number of nitrogens with two attached hydrogens (primary N) is 1. The van der Waals surface area contributed by atoms with Crippen molar-refractivity contribution in [3.63, 3.8) is 0 Å². The fourth-order valence-electron chi connectivity index (χ4n) is 3.21. The van der Waals surface area contributed by atoms with Gasteiger partial charge >= 0.3 is 0 Å². The standard InChI is InChI=1S/C17H23N5O2/c1-10-12(11(2)24-22-10)7-5-9-19-16(23)15-13-6-3-4-8-14(13)20-17(18)21-15/h3-9H2,1-2H3,(H,19,23)(H2,18,20,21). The Kier molecular flexibility index (Phi) is 4.78. The van der Waals surface area contributed by atoms with Gasteiger partial charge < -0.3 is 15.6 Å². The van der Waals surface area contributed by atoms with E-state index in [-0.39, 0.29) is 11.9 Å². The fourth-order valence-corrected chi connectivity index (χ4v) is 3.21. The molecule has 3 rings (SSSR count). The summed E-state index contributed by atoms with van der Waals surface area (Å²) in [5.41, 5.74) is 10.1. The summed E-state index contributed by atoms with van der Waals surface area (Å²) >= 11 is 0. The number of hydrogen-bond acceptors (Lipinski definition) is 6. The van der Waals surface area contributed by atoms with Gasteiger partial charge in [0.25, 0.3) is 5.91 Å². The second-order valence-corrected chi connectivity index (χ2v) is 6.22. The monoisotopic (exact) mass is 329 g/mol. The van der Waals surface area contributed by atoms with Crippen LogP contribution in [0.4, 0.5) is 5.95 Å². The number of nitrogens with zero attached hydrogens (tertiary/aromatic N) is 3. The zero-order valence-electron chi connectivity index (χ0n) is 14.2. The molecule has 0 saturated heterocycles. The first-order chi connectivity index (χ1) is 11.6. The van der Waals surface area contributed by atoms with Gasteiger partial charge in [-0.2, -0.15) is 0 Å². The van der Waals surface area contributed by atoms with Crippen LogP contribution in [0.3, 0.4) is 0 Å². The molecule has 1 aliphatic rings. The Morgan fingerprint density at radius 2 is 2.04 bits per heavy atom. The van der Waals surface area contributed by atoms with E-state index in [4.69, 9.17) is 10.3 Å². The van der Waals surface area contributed by atoms with Crippen LogP contribution in [0.25, 0.3) is 0 Å². The van der Waals surface area contributed by atoms with E-state index in [2.05, 4.69) is 20.4 Å².